The average Bonchev–Trinajstić information content (AvgIpc) is 2.60. The molecule has 7 N–H and O–H groups in total. The van der Waals surface area contributed by atoms with E-state index in [0.29, 0.717) is 6.42 Å². The average molecular weight is 450 g/mol. The largest absolute Gasteiger partial charge is 0.726 e. The Morgan fingerprint density at radius 2 is 0.862 bits per heavy atom. The van der Waals surface area contributed by atoms with E-state index < -0.39 is 10.4 Å². The summed E-state index contributed by atoms with van der Waals surface area (Å²) >= 11 is 0. The number of unbranched alkanes of at least 4 members (excludes halogenated alkanes) is 11. The SMILES string of the molecule is CCCCCCCCCCCCCCOS(=O)(=O)[O-].CCO.CCO.CCO.[NH4+]. The van der Waals surface area contributed by atoms with Crippen LogP contribution in [0.4, 0.5) is 0 Å². The summed E-state index contributed by atoms with van der Waals surface area (Å²) in [7, 11) is -4.49. The second kappa shape index (κ2) is 38.3. The van der Waals surface area contributed by atoms with Crippen molar-refractivity contribution in [3.8, 4) is 0 Å². The van der Waals surface area contributed by atoms with E-state index in [9.17, 15) is 13.0 Å². The van der Waals surface area contributed by atoms with Crippen molar-refractivity contribution in [2.75, 3.05) is 26.4 Å². The Balaban J connectivity index is -0.000000162. The first kappa shape index (κ1) is 39.2. The minimum atomic E-state index is -4.49. The highest BCUT2D eigenvalue weighted by molar-refractivity contribution is 7.80. The Kier molecular flexibility index (Phi) is 51.8. The summed E-state index contributed by atoms with van der Waals surface area (Å²) in [5.41, 5.74) is 0. The van der Waals surface area contributed by atoms with Gasteiger partial charge in [-0.2, -0.15) is 0 Å². The normalized spacial score (nSPS) is 9.66. The van der Waals surface area contributed by atoms with Crippen molar-refractivity contribution in [1.82, 2.24) is 6.15 Å². The molecule has 0 aliphatic carbocycles. The third kappa shape index (κ3) is 74.2. The molecule has 0 bridgehead atoms. The minimum Gasteiger partial charge on any atom is -0.726 e. The molecule has 0 aliphatic heterocycles. The fourth-order valence-electron chi connectivity index (χ4n) is 2.10. The summed E-state index contributed by atoms with van der Waals surface area (Å²) in [4.78, 5) is 0. The van der Waals surface area contributed by atoms with Crippen molar-refractivity contribution in [3.05, 3.63) is 0 Å². The first-order chi connectivity index (χ1) is 13.3. The lowest BCUT2D eigenvalue weighted by Crippen LogP contribution is -2.05. The van der Waals surface area contributed by atoms with Crippen molar-refractivity contribution in [2.45, 2.75) is 105 Å². The molecule has 0 atom stereocenters. The van der Waals surface area contributed by atoms with Gasteiger partial charge in [0, 0.05) is 19.8 Å². The van der Waals surface area contributed by atoms with Gasteiger partial charge in [-0.3, -0.25) is 4.18 Å². The highest BCUT2D eigenvalue weighted by atomic mass is 32.3. The van der Waals surface area contributed by atoms with Crippen LogP contribution in [0.15, 0.2) is 0 Å². The summed E-state index contributed by atoms with van der Waals surface area (Å²) < 4.78 is 34.6. The smallest absolute Gasteiger partial charge is 0.217 e. The zero-order valence-corrected chi connectivity index (χ0v) is 20.5. The summed E-state index contributed by atoms with van der Waals surface area (Å²) in [6.45, 7) is 8.06. The third-order valence-electron chi connectivity index (χ3n) is 3.23. The molecule has 0 fully saturated rings. The number of aliphatic hydroxyl groups excluding tert-OH is 3. The lowest BCUT2D eigenvalue weighted by Gasteiger charge is -2.07. The fraction of sp³-hybridized carbons (Fsp3) is 1.00. The maximum absolute atomic E-state index is 10.2. The van der Waals surface area contributed by atoms with E-state index in [0.717, 1.165) is 12.8 Å². The third-order valence-corrected chi connectivity index (χ3v) is 3.68. The number of rotatable bonds is 14. The molecule has 0 unspecified atom stereocenters. The Morgan fingerprint density at radius 3 is 1.10 bits per heavy atom. The number of aliphatic hydroxyl groups is 3. The summed E-state index contributed by atoms with van der Waals surface area (Å²) in [6, 6.07) is 0. The predicted molar refractivity (Wildman–Crippen MR) is 121 cm³/mol. The molecule has 0 aliphatic rings. The van der Waals surface area contributed by atoms with Crippen LogP contribution in [0, 0.1) is 0 Å². The maximum Gasteiger partial charge on any atom is 0.217 e. The lowest BCUT2D eigenvalue weighted by molar-refractivity contribution is 0.255. The van der Waals surface area contributed by atoms with Crippen molar-refractivity contribution in [1.29, 1.82) is 0 Å². The van der Waals surface area contributed by atoms with Crippen LogP contribution >= 0.6 is 0 Å². The van der Waals surface area contributed by atoms with Gasteiger partial charge in [0.15, 0.2) is 0 Å². The molecule has 8 nitrogen and oxygen atoms in total. The number of hydrogen-bond acceptors (Lipinski definition) is 7. The topological polar surface area (TPSA) is 164 Å². The minimum absolute atomic E-state index is 0. The van der Waals surface area contributed by atoms with E-state index in [1.165, 1.54) is 57.8 Å². The molecular weight excluding hydrogens is 398 g/mol. The van der Waals surface area contributed by atoms with Gasteiger partial charge < -0.3 is 26.0 Å². The summed E-state index contributed by atoms with van der Waals surface area (Å²) in [5, 5.41) is 22.7. The van der Waals surface area contributed by atoms with Gasteiger partial charge in [0.1, 0.15) is 0 Å². The number of hydrogen-bond donors (Lipinski definition) is 4. The first-order valence-corrected chi connectivity index (χ1v) is 12.1. The molecule has 0 spiro atoms. The van der Waals surface area contributed by atoms with Crippen molar-refractivity contribution >= 4 is 10.4 Å². The molecule has 0 heterocycles. The van der Waals surface area contributed by atoms with Gasteiger partial charge in [0.25, 0.3) is 0 Å². The molecule has 0 radical (unpaired) electrons. The maximum atomic E-state index is 10.2. The van der Waals surface area contributed by atoms with Crippen molar-refractivity contribution < 1.29 is 32.5 Å². The van der Waals surface area contributed by atoms with Crippen molar-refractivity contribution in [2.24, 2.45) is 0 Å². The molecule has 9 heteroatoms. The van der Waals surface area contributed by atoms with Crippen LogP contribution in [0.2, 0.25) is 0 Å². The zero-order chi connectivity index (χ0) is 22.5. The van der Waals surface area contributed by atoms with Crippen LogP contribution < -0.4 is 6.15 Å². The first-order valence-electron chi connectivity index (χ1n) is 10.7. The van der Waals surface area contributed by atoms with Gasteiger partial charge in [-0.1, -0.05) is 77.6 Å². The molecular formula is C20H51NO7S. The van der Waals surface area contributed by atoms with Crippen LogP contribution in [0.1, 0.15) is 105 Å². The molecule has 29 heavy (non-hydrogen) atoms. The van der Waals surface area contributed by atoms with E-state index in [1.807, 2.05) is 0 Å². The zero-order valence-electron chi connectivity index (χ0n) is 19.7. The standard InChI is InChI=1S/C14H30O4S.3C2H6O.H3N/c1-2-3-4-5-6-7-8-9-10-11-12-13-14-18-19(15,16)17;3*1-2-3;/h2-14H2,1H3,(H,15,16,17);3*3H,2H2,1H3;1H3. The quantitative estimate of drug-likeness (QED) is 0.172. The molecule has 0 saturated heterocycles. The summed E-state index contributed by atoms with van der Waals surface area (Å²) in [5.74, 6) is 0. The van der Waals surface area contributed by atoms with E-state index >= 15 is 0 Å². The van der Waals surface area contributed by atoms with Crippen LogP contribution in [-0.4, -0.2) is 54.7 Å². The van der Waals surface area contributed by atoms with Gasteiger partial charge >= 0.3 is 0 Å². The Labute approximate surface area is 180 Å². The van der Waals surface area contributed by atoms with E-state index in [-0.39, 0.29) is 32.6 Å². The Hall–Kier alpha value is -0.290. The molecule has 184 valence electrons. The van der Waals surface area contributed by atoms with Crippen LogP contribution in [-0.2, 0) is 14.6 Å². The second-order valence-electron chi connectivity index (χ2n) is 6.07. The molecule has 0 aromatic rings. The van der Waals surface area contributed by atoms with E-state index in [2.05, 4.69) is 11.1 Å². The lowest BCUT2D eigenvalue weighted by atomic mass is 10.1. The van der Waals surface area contributed by atoms with Gasteiger partial charge in [0.2, 0.25) is 10.4 Å². The van der Waals surface area contributed by atoms with Crippen LogP contribution in [0.5, 0.6) is 0 Å². The molecule has 0 saturated carbocycles. The Morgan fingerprint density at radius 1 is 0.621 bits per heavy atom. The summed E-state index contributed by atoms with van der Waals surface area (Å²) in [6.07, 6.45) is 14.5. The number of quaternary nitrogens is 1. The van der Waals surface area contributed by atoms with Gasteiger partial charge in [0.05, 0.1) is 6.61 Å². The van der Waals surface area contributed by atoms with Crippen LogP contribution in [0.3, 0.4) is 0 Å². The predicted octanol–water partition coefficient (Wildman–Crippen LogP) is 4.54. The second-order valence-corrected chi connectivity index (χ2v) is 7.12. The van der Waals surface area contributed by atoms with E-state index in [1.54, 1.807) is 20.8 Å². The van der Waals surface area contributed by atoms with Gasteiger partial charge in [-0.05, 0) is 27.2 Å². The molecule has 0 rings (SSSR count). The van der Waals surface area contributed by atoms with Crippen LogP contribution in [0.25, 0.3) is 0 Å². The van der Waals surface area contributed by atoms with Crippen molar-refractivity contribution in [3.63, 3.8) is 0 Å². The van der Waals surface area contributed by atoms with E-state index in [4.69, 9.17) is 15.3 Å². The highest BCUT2D eigenvalue weighted by Crippen LogP contribution is 2.11. The van der Waals surface area contributed by atoms with Gasteiger partial charge in [-0.15, -0.1) is 0 Å². The molecule has 0 aromatic carbocycles. The monoisotopic (exact) mass is 449 g/mol. The molecule has 0 aromatic heterocycles. The van der Waals surface area contributed by atoms with Gasteiger partial charge in [-0.25, -0.2) is 8.42 Å². The highest BCUT2D eigenvalue weighted by Gasteiger charge is 1.96. The molecule has 0 amide bonds. The Bertz CT molecular complexity index is 324. The fourth-order valence-corrected chi connectivity index (χ4v) is 2.43.